The molecule has 2 heterocycles. The molecule has 0 fully saturated rings. The van der Waals surface area contributed by atoms with E-state index >= 15 is 0 Å². The monoisotopic (exact) mass is 524 g/mol. The van der Waals surface area contributed by atoms with E-state index in [1.54, 1.807) is 12.1 Å². The zero-order chi connectivity index (χ0) is 23.4. The first kappa shape index (κ1) is 22.9. The maximum atomic E-state index is 13.0. The lowest BCUT2D eigenvalue weighted by Gasteiger charge is -2.06. The summed E-state index contributed by atoms with van der Waals surface area (Å²) in [5.74, 6) is 0.840. The first-order valence-electron chi connectivity index (χ1n) is 10.3. The zero-order valence-corrected chi connectivity index (χ0v) is 20.4. The summed E-state index contributed by atoms with van der Waals surface area (Å²) in [6.07, 6.45) is 2.47. The summed E-state index contributed by atoms with van der Waals surface area (Å²) in [5.41, 5.74) is 2.46. The molecule has 4 aromatic rings. The van der Waals surface area contributed by atoms with Crippen LogP contribution in [0.1, 0.15) is 24.6 Å². The lowest BCUT2D eigenvalue weighted by Crippen LogP contribution is -2.17. The number of thioether (sulfide) groups is 1. The Hall–Kier alpha value is -3.24. The summed E-state index contributed by atoms with van der Waals surface area (Å²) in [7, 11) is 0. The van der Waals surface area contributed by atoms with Gasteiger partial charge in [-0.05, 0) is 43.7 Å². The molecule has 8 nitrogen and oxygen atoms in total. The van der Waals surface area contributed by atoms with Crippen molar-refractivity contribution in [1.82, 2.24) is 25.0 Å². The first-order chi connectivity index (χ1) is 16.0. The molecule has 0 aliphatic heterocycles. The van der Waals surface area contributed by atoms with Crippen molar-refractivity contribution in [3.05, 3.63) is 85.0 Å². The highest BCUT2D eigenvalue weighted by atomic mass is 79.9. The van der Waals surface area contributed by atoms with Crippen LogP contribution in [0.5, 0.6) is 0 Å². The predicted octanol–water partition coefficient (Wildman–Crippen LogP) is 4.63. The van der Waals surface area contributed by atoms with Crippen molar-refractivity contribution < 1.29 is 0 Å². The fraction of sp³-hybridized carbons (Fsp3) is 0.174. The third-order valence-corrected chi connectivity index (χ3v) is 6.36. The number of hydrogen-bond acceptors (Lipinski definition) is 6. The number of aromatic nitrogens is 5. The van der Waals surface area contributed by atoms with Crippen LogP contribution in [0.2, 0.25) is 0 Å². The predicted molar refractivity (Wildman–Crippen MR) is 135 cm³/mol. The van der Waals surface area contributed by atoms with E-state index in [1.807, 2.05) is 43.3 Å². The summed E-state index contributed by atoms with van der Waals surface area (Å²) < 4.78 is 2.24. The van der Waals surface area contributed by atoms with Crippen LogP contribution in [-0.2, 0) is 0 Å². The van der Waals surface area contributed by atoms with Crippen molar-refractivity contribution in [2.45, 2.75) is 25.4 Å². The van der Waals surface area contributed by atoms with Gasteiger partial charge in [-0.25, -0.2) is 4.68 Å². The summed E-state index contributed by atoms with van der Waals surface area (Å²) >= 11 is 4.89. The van der Waals surface area contributed by atoms with E-state index in [0.717, 1.165) is 22.3 Å². The second-order valence-corrected chi connectivity index (χ2v) is 9.20. The Labute approximate surface area is 202 Å². The molecule has 0 spiro atoms. The van der Waals surface area contributed by atoms with Crippen molar-refractivity contribution >= 4 is 39.6 Å². The van der Waals surface area contributed by atoms with Gasteiger partial charge >= 0.3 is 0 Å². The van der Waals surface area contributed by atoms with Crippen LogP contribution in [0, 0.1) is 6.92 Å². The summed E-state index contributed by atoms with van der Waals surface area (Å²) in [6.45, 7) is 3.87. The standard InChI is InChI=1S/C23H21BrN6O2S/c1-3-11-33-23-26-21(31)20(27-28-23)17-12-15(24)9-10-19(17)25-13-18-14(2)29-30(22(18)32)16-7-5-4-6-8-16/h4-10,12-13,29H,3,11H2,1-2H3,(H,26,28,31). The Morgan fingerprint density at radius 3 is 2.67 bits per heavy atom. The van der Waals surface area contributed by atoms with Crippen LogP contribution in [0.25, 0.3) is 16.9 Å². The van der Waals surface area contributed by atoms with E-state index in [9.17, 15) is 9.59 Å². The normalized spacial score (nSPS) is 11.4. The number of hydrogen-bond donors (Lipinski definition) is 2. The Morgan fingerprint density at radius 1 is 1.15 bits per heavy atom. The van der Waals surface area contributed by atoms with Gasteiger partial charge in [-0.1, -0.05) is 52.8 Å². The van der Waals surface area contributed by atoms with E-state index < -0.39 is 0 Å². The molecule has 10 heteroatoms. The van der Waals surface area contributed by atoms with Crippen LogP contribution in [0.4, 0.5) is 5.69 Å². The molecular weight excluding hydrogens is 504 g/mol. The number of para-hydroxylation sites is 1. The molecule has 2 aromatic heterocycles. The van der Waals surface area contributed by atoms with Crippen LogP contribution in [-0.4, -0.2) is 36.9 Å². The van der Waals surface area contributed by atoms with Crippen molar-refractivity contribution in [3.63, 3.8) is 0 Å². The van der Waals surface area contributed by atoms with Gasteiger partial charge in [-0.3, -0.25) is 24.7 Å². The minimum absolute atomic E-state index is 0.164. The van der Waals surface area contributed by atoms with Gasteiger partial charge in [0.25, 0.3) is 11.1 Å². The van der Waals surface area contributed by atoms with E-state index in [4.69, 9.17) is 0 Å². The van der Waals surface area contributed by atoms with E-state index in [1.165, 1.54) is 22.7 Å². The van der Waals surface area contributed by atoms with Crippen molar-refractivity contribution in [2.24, 2.45) is 4.99 Å². The van der Waals surface area contributed by atoms with Crippen molar-refractivity contribution in [2.75, 3.05) is 5.75 Å². The third-order valence-electron chi connectivity index (χ3n) is 4.80. The summed E-state index contributed by atoms with van der Waals surface area (Å²) in [5, 5.41) is 11.9. The highest BCUT2D eigenvalue weighted by Gasteiger charge is 2.14. The van der Waals surface area contributed by atoms with Gasteiger partial charge in [0.05, 0.1) is 16.9 Å². The first-order valence-corrected chi connectivity index (χ1v) is 12.1. The van der Waals surface area contributed by atoms with Gasteiger partial charge in [0.15, 0.2) is 10.9 Å². The molecule has 0 saturated heterocycles. The number of aliphatic imine (C=N–C) groups is 1. The molecule has 4 rings (SSSR count). The summed E-state index contributed by atoms with van der Waals surface area (Å²) in [4.78, 5) is 33.0. The number of H-pyrrole nitrogens is 2. The molecule has 2 N–H and O–H groups in total. The molecule has 0 bridgehead atoms. The molecule has 2 aromatic carbocycles. The molecule has 168 valence electrons. The van der Waals surface area contributed by atoms with E-state index in [-0.39, 0.29) is 16.8 Å². The average molecular weight is 525 g/mol. The average Bonchev–Trinajstić information content (AvgIpc) is 3.10. The largest absolute Gasteiger partial charge is 0.298 e. The van der Waals surface area contributed by atoms with Crippen LogP contribution in [0.3, 0.4) is 0 Å². The maximum absolute atomic E-state index is 13.0. The van der Waals surface area contributed by atoms with Crippen LogP contribution in [0.15, 0.2) is 72.7 Å². The van der Waals surface area contributed by atoms with Crippen LogP contribution < -0.4 is 11.1 Å². The second kappa shape index (κ2) is 10.1. The Morgan fingerprint density at radius 2 is 1.94 bits per heavy atom. The lowest BCUT2D eigenvalue weighted by atomic mass is 10.1. The minimum atomic E-state index is -0.345. The van der Waals surface area contributed by atoms with Crippen molar-refractivity contribution in [1.29, 1.82) is 0 Å². The quantitative estimate of drug-likeness (QED) is 0.270. The molecule has 0 aliphatic rings. The Balaban J connectivity index is 1.72. The number of nitrogens with zero attached hydrogens (tertiary/aromatic N) is 4. The van der Waals surface area contributed by atoms with Gasteiger partial charge in [-0.15, -0.1) is 10.2 Å². The fourth-order valence-corrected chi connectivity index (χ4v) is 4.20. The zero-order valence-electron chi connectivity index (χ0n) is 18.0. The number of halogens is 1. The Bertz CT molecular complexity index is 1430. The molecule has 0 radical (unpaired) electrons. The number of nitrogens with one attached hydrogen (secondary N) is 2. The number of aryl methyl sites for hydroxylation is 1. The minimum Gasteiger partial charge on any atom is -0.298 e. The molecule has 33 heavy (non-hydrogen) atoms. The van der Waals surface area contributed by atoms with Gasteiger partial charge in [0, 0.05) is 27.7 Å². The van der Waals surface area contributed by atoms with Crippen LogP contribution >= 0.6 is 27.7 Å². The molecule has 0 saturated carbocycles. The van der Waals surface area contributed by atoms with Gasteiger partial charge in [0.1, 0.15) is 0 Å². The maximum Gasteiger partial charge on any atom is 0.280 e. The molecule has 0 aliphatic carbocycles. The van der Waals surface area contributed by atoms with E-state index in [0.29, 0.717) is 27.7 Å². The highest BCUT2D eigenvalue weighted by Crippen LogP contribution is 2.30. The van der Waals surface area contributed by atoms with E-state index in [2.05, 4.69) is 48.1 Å². The fourth-order valence-electron chi connectivity index (χ4n) is 3.18. The molecule has 0 unspecified atom stereocenters. The smallest absolute Gasteiger partial charge is 0.280 e. The van der Waals surface area contributed by atoms with Gasteiger partial charge in [-0.2, -0.15) is 0 Å². The Kier molecular flexibility index (Phi) is 7.05. The number of rotatable bonds is 7. The van der Waals surface area contributed by atoms with Crippen molar-refractivity contribution in [3.8, 4) is 16.9 Å². The second-order valence-electron chi connectivity index (χ2n) is 7.20. The number of benzene rings is 2. The molecule has 0 amide bonds. The molecular formula is C23H21BrN6O2S. The number of aromatic amines is 2. The summed E-state index contributed by atoms with van der Waals surface area (Å²) in [6, 6.07) is 14.6. The van der Waals surface area contributed by atoms with Gasteiger partial charge < -0.3 is 0 Å². The lowest BCUT2D eigenvalue weighted by molar-refractivity contribution is 0.823. The topological polar surface area (TPSA) is 109 Å². The third kappa shape index (κ3) is 5.07. The SMILES string of the molecule is CCCSc1nnc(-c2cc(Br)ccc2N=Cc2c(C)[nH]n(-c3ccccc3)c2=O)c(=O)[nH]1. The molecule has 0 atom stereocenters. The van der Waals surface area contributed by atoms with Gasteiger partial charge in [0.2, 0.25) is 0 Å². The highest BCUT2D eigenvalue weighted by molar-refractivity contribution is 9.10.